The van der Waals surface area contributed by atoms with E-state index < -0.39 is 5.97 Å². The predicted molar refractivity (Wildman–Crippen MR) is 99.4 cm³/mol. The molecule has 0 aliphatic rings. The first-order valence-corrected chi connectivity index (χ1v) is 8.21. The summed E-state index contributed by atoms with van der Waals surface area (Å²) < 4.78 is 23.0. The molecule has 0 aliphatic heterocycles. The van der Waals surface area contributed by atoms with Crippen molar-refractivity contribution in [3.8, 4) is 28.8 Å². The molecule has 3 rings (SSSR count). The van der Waals surface area contributed by atoms with Gasteiger partial charge in [-0.1, -0.05) is 18.2 Å². The highest BCUT2D eigenvalue weighted by atomic mass is 16.5. The number of benzene rings is 2. The van der Waals surface area contributed by atoms with Crippen molar-refractivity contribution in [2.24, 2.45) is 0 Å². The number of rotatable bonds is 6. The number of carbonyl (C=O) groups is 1. The lowest BCUT2D eigenvalue weighted by Gasteiger charge is -2.14. The summed E-state index contributed by atoms with van der Waals surface area (Å²) in [5.74, 6) is 0.901. The number of methoxy groups -OCH3 is 3. The molecule has 0 amide bonds. The van der Waals surface area contributed by atoms with E-state index in [2.05, 4.69) is 5.10 Å². The Kier molecular flexibility index (Phi) is 5.30. The number of hydrogen-bond donors (Lipinski definition) is 0. The van der Waals surface area contributed by atoms with Crippen LogP contribution in [0.5, 0.6) is 23.1 Å². The molecule has 0 saturated heterocycles. The van der Waals surface area contributed by atoms with E-state index in [4.69, 9.17) is 18.9 Å². The minimum absolute atomic E-state index is 0.267. The van der Waals surface area contributed by atoms with Gasteiger partial charge >= 0.3 is 5.97 Å². The minimum Gasteiger partial charge on any atom is -0.493 e. The Morgan fingerprint density at radius 2 is 1.56 bits per heavy atom. The number of nitrogens with zero attached hydrogens (tertiary/aromatic N) is 2. The third-order valence-corrected chi connectivity index (χ3v) is 3.90. The molecule has 0 saturated carbocycles. The van der Waals surface area contributed by atoms with Crippen LogP contribution >= 0.6 is 0 Å². The second kappa shape index (κ2) is 7.82. The number of carbonyl (C=O) groups excluding carboxylic acids is 1. The van der Waals surface area contributed by atoms with Crippen molar-refractivity contribution in [2.45, 2.75) is 6.92 Å². The normalized spacial score (nSPS) is 10.4. The molecule has 2 aromatic carbocycles. The van der Waals surface area contributed by atoms with Gasteiger partial charge in [-0.25, -0.2) is 9.48 Å². The monoisotopic (exact) mass is 368 g/mol. The first-order chi connectivity index (χ1) is 13.1. The van der Waals surface area contributed by atoms with Crippen molar-refractivity contribution in [1.82, 2.24) is 9.78 Å². The summed E-state index contributed by atoms with van der Waals surface area (Å²) in [6.45, 7) is 1.83. The second-order valence-corrected chi connectivity index (χ2v) is 5.67. The summed E-state index contributed by atoms with van der Waals surface area (Å²) in [6.07, 6.45) is 0. The van der Waals surface area contributed by atoms with Gasteiger partial charge in [-0.05, 0) is 31.2 Å². The van der Waals surface area contributed by atoms with E-state index in [1.807, 2.05) is 37.3 Å². The number of ether oxygens (including phenoxy) is 4. The van der Waals surface area contributed by atoms with Gasteiger partial charge in [0.05, 0.1) is 38.3 Å². The zero-order valence-corrected chi connectivity index (χ0v) is 15.6. The van der Waals surface area contributed by atoms with Crippen LogP contribution < -0.4 is 18.9 Å². The van der Waals surface area contributed by atoms with E-state index in [-0.39, 0.29) is 5.56 Å². The molecule has 0 bridgehead atoms. The molecule has 140 valence electrons. The molecule has 0 fully saturated rings. The third kappa shape index (κ3) is 3.72. The summed E-state index contributed by atoms with van der Waals surface area (Å²) in [5.41, 5.74) is 1.79. The summed E-state index contributed by atoms with van der Waals surface area (Å²) >= 11 is 0. The quantitative estimate of drug-likeness (QED) is 0.621. The van der Waals surface area contributed by atoms with Gasteiger partial charge < -0.3 is 18.9 Å². The fourth-order valence-electron chi connectivity index (χ4n) is 2.66. The van der Waals surface area contributed by atoms with Crippen LogP contribution in [-0.4, -0.2) is 37.1 Å². The molecule has 1 aromatic heterocycles. The zero-order chi connectivity index (χ0) is 19.4. The number of hydrogen-bond acceptors (Lipinski definition) is 6. The minimum atomic E-state index is -0.564. The lowest BCUT2D eigenvalue weighted by molar-refractivity contribution is 0.0722. The van der Waals surface area contributed by atoms with E-state index in [1.54, 1.807) is 22.9 Å². The first kappa shape index (κ1) is 18.3. The second-order valence-electron chi connectivity index (χ2n) is 5.67. The Hall–Kier alpha value is -3.48. The maximum atomic E-state index is 12.7. The zero-order valence-electron chi connectivity index (χ0n) is 15.6. The van der Waals surface area contributed by atoms with Crippen LogP contribution in [0.15, 0.2) is 48.5 Å². The Morgan fingerprint density at radius 1 is 0.926 bits per heavy atom. The molecule has 0 radical (unpaired) electrons. The lowest BCUT2D eigenvalue weighted by atomic mass is 10.2. The van der Waals surface area contributed by atoms with Gasteiger partial charge in [-0.2, -0.15) is 5.10 Å². The van der Waals surface area contributed by atoms with Gasteiger partial charge in [0.15, 0.2) is 11.5 Å². The molecule has 0 spiro atoms. The Labute approximate surface area is 157 Å². The van der Waals surface area contributed by atoms with E-state index >= 15 is 0 Å². The number of aromatic nitrogens is 2. The van der Waals surface area contributed by atoms with Crippen molar-refractivity contribution >= 4 is 5.97 Å². The van der Waals surface area contributed by atoms with Gasteiger partial charge in [0.1, 0.15) is 0 Å². The fourth-order valence-corrected chi connectivity index (χ4v) is 2.66. The van der Waals surface area contributed by atoms with Crippen LogP contribution in [0.25, 0.3) is 5.69 Å². The van der Waals surface area contributed by atoms with E-state index in [0.29, 0.717) is 23.1 Å². The maximum Gasteiger partial charge on any atom is 0.345 e. The largest absolute Gasteiger partial charge is 0.493 e. The molecule has 0 N–H and O–H groups in total. The maximum absolute atomic E-state index is 12.7. The highest BCUT2D eigenvalue weighted by molar-refractivity contribution is 5.92. The smallest absolute Gasteiger partial charge is 0.345 e. The Morgan fingerprint density at radius 3 is 2.11 bits per heavy atom. The molecular weight excluding hydrogens is 348 g/mol. The van der Waals surface area contributed by atoms with Crippen molar-refractivity contribution < 1.29 is 23.7 Å². The topological polar surface area (TPSA) is 71.8 Å². The molecular formula is C20H20N2O5. The highest BCUT2D eigenvalue weighted by Crippen LogP contribution is 2.38. The molecule has 27 heavy (non-hydrogen) atoms. The molecule has 7 nitrogen and oxygen atoms in total. The van der Waals surface area contributed by atoms with Gasteiger partial charge in [-0.3, -0.25) is 0 Å². The number of para-hydroxylation sites is 1. The summed E-state index contributed by atoms with van der Waals surface area (Å²) in [5, 5.41) is 4.39. The van der Waals surface area contributed by atoms with Crippen molar-refractivity contribution in [3.05, 3.63) is 59.8 Å². The van der Waals surface area contributed by atoms with Crippen molar-refractivity contribution in [2.75, 3.05) is 21.3 Å². The van der Waals surface area contributed by atoms with Gasteiger partial charge in [0.25, 0.3) is 0 Å². The molecule has 3 aromatic rings. The van der Waals surface area contributed by atoms with Crippen LogP contribution in [0, 0.1) is 6.92 Å². The average molecular weight is 368 g/mol. The highest BCUT2D eigenvalue weighted by Gasteiger charge is 2.20. The fraction of sp³-hybridized carbons (Fsp3) is 0.200. The summed E-state index contributed by atoms with van der Waals surface area (Å²) in [7, 11) is 4.47. The number of aryl methyl sites for hydroxylation is 1. The van der Waals surface area contributed by atoms with Gasteiger partial charge in [0.2, 0.25) is 11.6 Å². The third-order valence-electron chi connectivity index (χ3n) is 3.90. The van der Waals surface area contributed by atoms with E-state index in [1.165, 1.54) is 21.3 Å². The van der Waals surface area contributed by atoms with Crippen LogP contribution in [0.3, 0.4) is 0 Å². The Balaban J connectivity index is 1.95. The van der Waals surface area contributed by atoms with Crippen LogP contribution in [-0.2, 0) is 0 Å². The van der Waals surface area contributed by atoms with Crippen LogP contribution in [0.2, 0.25) is 0 Å². The average Bonchev–Trinajstić information content (AvgIpc) is 3.07. The first-order valence-electron chi connectivity index (χ1n) is 8.21. The summed E-state index contributed by atoms with van der Waals surface area (Å²) in [6, 6.07) is 14.2. The van der Waals surface area contributed by atoms with Crippen LogP contribution in [0.4, 0.5) is 0 Å². The molecule has 7 heteroatoms. The molecule has 0 unspecified atom stereocenters. The molecule has 0 aliphatic carbocycles. The van der Waals surface area contributed by atoms with E-state index in [9.17, 15) is 4.79 Å². The molecule has 1 heterocycles. The van der Waals surface area contributed by atoms with Gasteiger partial charge in [0, 0.05) is 6.07 Å². The standard InChI is InChI=1S/C20H20N2O5/c1-13-10-18(22(21-13)15-8-6-5-7-9-15)27-20(23)14-11-16(24-2)19(26-4)17(12-14)25-3/h5-12H,1-4H3. The van der Waals surface area contributed by atoms with Crippen molar-refractivity contribution in [1.29, 1.82) is 0 Å². The molecule has 0 atom stereocenters. The van der Waals surface area contributed by atoms with Gasteiger partial charge in [-0.15, -0.1) is 0 Å². The summed E-state index contributed by atoms with van der Waals surface area (Å²) in [4.78, 5) is 12.7. The SMILES string of the molecule is COc1cc(C(=O)Oc2cc(C)nn2-c2ccccc2)cc(OC)c1OC. The van der Waals surface area contributed by atoms with Crippen molar-refractivity contribution in [3.63, 3.8) is 0 Å². The van der Waals surface area contributed by atoms with Crippen LogP contribution in [0.1, 0.15) is 16.1 Å². The van der Waals surface area contributed by atoms with E-state index in [0.717, 1.165) is 11.4 Å². The lowest BCUT2D eigenvalue weighted by Crippen LogP contribution is -2.12. The Bertz CT molecular complexity index is 925. The predicted octanol–water partition coefficient (Wildman–Crippen LogP) is 3.43. The number of esters is 1.